The second-order valence-electron chi connectivity index (χ2n) is 6.22. The number of methoxy groups -OCH3 is 1. The van der Waals surface area contributed by atoms with Gasteiger partial charge in [0.15, 0.2) is 4.77 Å². The van der Waals surface area contributed by atoms with Crippen molar-refractivity contribution in [2.45, 2.75) is 25.8 Å². The van der Waals surface area contributed by atoms with Crippen molar-refractivity contribution in [1.29, 1.82) is 0 Å². The minimum Gasteiger partial charge on any atom is -0.497 e. The zero-order valence-electron chi connectivity index (χ0n) is 15.1. The van der Waals surface area contributed by atoms with E-state index in [9.17, 15) is 9.59 Å². The van der Waals surface area contributed by atoms with E-state index in [-0.39, 0.29) is 11.5 Å². The number of hydrogen-bond acceptors (Lipinski definition) is 4. The maximum atomic E-state index is 12.9. The molecule has 3 aromatic rings. The highest BCUT2D eigenvalue weighted by Crippen LogP contribution is 2.25. The highest BCUT2D eigenvalue weighted by Gasteiger charge is 2.12. The topological polar surface area (TPSA) is 91.9 Å². The molecule has 0 spiro atoms. The highest BCUT2D eigenvalue weighted by molar-refractivity contribution is 7.71. The van der Waals surface area contributed by atoms with E-state index in [0.717, 1.165) is 10.9 Å². The van der Waals surface area contributed by atoms with Gasteiger partial charge >= 0.3 is 0 Å². The molecule has 142 valence electrons. The number of aromatic nitrogens is 3. The van der Waals surface area contributed by atoms with Crippen LogP contribution in [0.1, 0.15) is 19.3 Å². The van der Waals surface area contributed by atoms with Gasteiger partial charge in [0.1, 0.15) is 11.3 Å². The molecule has 3 rings (SSSR count). The Morgan fingerprint density at radius 1 is 1.33 bits per heavy atom. The lowest BCUT2D eigenvalue weighted by Gasteiger charge is -2.07. The molecule has 2 heterocycles. The number of aromatic amines is 2. The van der Waals surface area contributed by atoms with E-state index in [2.05, 4.69) is 21.9 Å². The number of nitrogens with zero attached hydrogens (tertiary/aromatic N) is 1. The Bertz CT molecular complexity index is 1110. The summed E-state index contributed by atoms with van der Waals surface area (Å²) in [5.74, 6) is 0.689. The van der Waals surface area contributed by atoms with Crippen molar-refractivity contribution in [2.24, 2.45) is 0 Å². The van der Waals surface area contributed by atoms with Crippen LogP contribution in [0.3, 0.4) is 0 Å². The summed E-state index contributed by atoms with van der Waals surface area (Å²) in [6.07, 6.45) is 3.40. The number of H-pyrrole nitrogens is 2. The Balaban J connectivity index is 1.82. The van der Waals surface area contributed by atoms with Crippen LogP contribution in [0.15, 0.2) is 35.6 Å². The van der Waals surface area contributed by atoms with Crippen LogP contribution in [0.4, 0.5) is 0 Å². The molecule has 2 aromatic heterocycles. The second kappa shape index (κ2) is 8.22. The predicted octanol–water partition coefficient (Wildman–Crippen LogP) is 3.02. The van der Waals surface area contributed by atoms with E-state index in [1.807, 2.05) is 18.2 Å². The van der Waals surface area contributed by atoms with E-state index >= 15 is 0 Å². The third kappa shape index (κ3) is 3.95. The van der Waals surface area contributed by atoms with Crippen molar-refractivity contribution in [1.82, 2.24) is 19.9 Å². The summed E-state index contributed by atoms with van der Waals surface area (Å²) in [5, 5.41) is 3.59. The van der Waals surface area contributed by atoms with Gasteiger partial charge in [-0.2, -0.15) is 0 Å². The molecule has 7 nitrogen and oxygen atoms in total. The minimum atomic E-state index is -0.167. The van der Waals surface area contributed by atoms with Gasteiger partial charge in [0.25, 0.3) is 5.56 Å². The molecule has 3 N–H and O–H groups in total. The first-order valence-corrected chi connectivity index (χ1v) is 9.16. The van der Waals surface area contributed by atoms with Crippen LogP contribution in [0.2, 0.25) is 0 Å². The van der Waals surface area contributed by atoms with Gasteiger partial charge < -0.3 is 20.0 Å². The van der Waals surface area contributed by atoms with Crippen LogP contribution >= 0.6 is 12.2 Å². The van der Waals surface area contributed by atoms with E-state index < -0.39 is 0 Å². The normalized spacial score (nSPS) is 11.0. The fourth-order valence-electron chi connectivity index (χ4n) is 3.02. The Morgan fingerprint density at radius 3 is 2.89 bits per heavy atom. The van der Waals surface area contributed by atoms with Crippen LogP contribution in [0.5, 0.6) is 5.75 Å². The molecule has 0 aliphatic rings. The molecule has 1 aromatic carbocycles. The van der Waals surface area contributed by atoms with Gasteiger partial charge in [-0.05, 0) is 43.3 Å². The van der Waals surface area contributed by atoms with Gasteiger partial charge in [0.2, 0.25) is 5.91 Å². The maximum Gasteiger partial charge on any atom is 0.278 e. The number of fused-ring (bicyclic) bond motifs is 3. The number of carbonyl (C=O) groups is 1. The van der Waals surface area contributed by atoms with Gasteiger partial charge in [-0.15, -0.1) is 6.58 Å². The quantitative estimate of drug-likeness (QED) is 0.315. The van der Waals surface area contributed by atoms with Crippen molar-refractivity contribution in [3.05, 3.63) is 46.0 Å². The standard InChI is InChI=1S/C19H22N4O3S/c1-3-9-20-15(24)6-4-5-10-23-18(25)17-16(22-19(23)27)13-11-12(26-2)7-8-14(13)21-17/h3,7-8,11,21H,1,4-6,9-10H2,2H3,(H,20,24)(H,22,27). The molecule has 0 unspecified atom stereocenters. The van der Waals surface area contributed by atoms with Crippen LogP contribution in [0.25, 0.3) is 21.9 Å². The predicted molar refractivity (Wildman–Crippen MR) is 109 cm³/mol. The van der Waals surface area contributed by atoms with Gasteiger partial charge in [0, 0.05) is 30.4 Å². The summed E-state index contributed by atoms with van der Waals surface area (Å²) in [7, 11) is 1.60. The molecule has 0 aliphatic carbocycles. The molecule has 0 atom stereocenters. The summed E-state index contributed by atoms with van der Waals surface area (Å²) in [4.78, 5) is 30.8. The number of amides is 1. The number of benzene rings is 1. The molecule has 8 heteroatoms. The average molecular weight is 386 g/mol. The number of ether oxygens (including phenoxy) is 1. The molecule has 1 amide bonds. The summed E-state index contributed by atoms with van der Waals surface area (Å²) >= 11 is 5.39. The smallest absolute Gasteiger partial charge is 0.278 e. The highest BCUT2D eigenvalue weighted by atomic mass is 32.1. The number of unbranched alkanes of at least 4 members (excludes halogenated alkanes) is 1. The Kier molecular flexibility index (Phi) is 5.75. The van der Waals surface area contributed by atoms with E-state index in [0.29, 0.717) is 53.9 Å². The minimum absolute atomic E-state index is 0.0209. The van der Waals surface area contributed by atoms with Crippen LogP contribution in [-0.4, -0.2) is 34.1 Å². The third-order valence-corrected chi connectivity index (χ3v) is 4.74. The molecule has 0 bridgehead atoms. The molecular weight excluding hydrogens is 364 g/mol. The number of hydrogen-bond donors (Lipinski definition) is 3. The molecule has 0 saturated carbocycles. The molecule has 0 aliphatic heterocycles. The number of carbonyl (C=O) groups excluding carboxylic acids is 1. The average Bonchev–Trinajstić information content (AvgIpc) is 3.03. The van der Waals surface area contributed by atoms with Gasteiger partial charge in [-0.3, -0.25) is 14.2 Å². The zero-order chi connectivity index (χ0) is 19.4. The van der Waals surface area contributed by atoms with Gasteiger partial charge in [-0.1, -0.05) is 6.08 Å². The van der Waals surface area contributed by atoms with Gasteiger partial charge in [-0.25, -0.2) is 0 Å². The number of rotatable bonds is 8. The van der Waals surface area contributed by atoms with Crippen molar-refractivity contribution in [3.63, 3.8) is 0 Å². The van der Waals surface area contributed by atoms with Crippen LogP contribution in [0, 0.1) is 4.77 Å². The maximum absolute atomic E-state index is 12.9. The summed E-state index contributed by atoms with van der Waals surface area (Å²) in [6.45, 7) is 4.48. The van der Waals surface area contributed by atoms with Crippen molar-refractivity contribution < 1.29 is 9.53 Å². The molecule has 0 fully saturated rings. The fourth-order valence-corrected chi connectivity index (χ4v) is 3.30. The SMILES string of the molecule is C=CCNC(=O)CCCCn1c(=S)[nH]c2c([nH]c3ccc(OC)cc32)c1=O. The lowest BCUT2D eigenvalue weighted by molar-refractivity contribution is -0.121. The van der Waals surface area contributed by atoms with Crippen molar-refractivity contribution in [2.75, 3.05) is 13.7 Å². The lowest BCUT2D eigenvalue weighted by Crippen LogP contribution is -2.24. The first-order chi connectivity index (χ1) is 13.0. The monoisotopic (exact) mass is 386 g/mol. The first kappa shape index (κ1) is 18.9. The van der Waals surface area contributed by atoms with Crippen molar-refractivity contribution in [3.8, 4) is 5.75 Å². The van der Waals surface area contributed by atoms with Crippen LogP contribution < -0.4 is 15.6 Å². The van der Waals surface area contributed by atoms with E-state index in [1.165, 1.54) is 4.57 Å². The largest absolute Gasteiger partial charge is 0.497 e. The van der Waals surface area contributed by atoms with Gasteiger partial charge in [0.05, 0.1) is 12.6 Å². The summed E-state index contributed by atoms with van der Waals surface area (Å²) in [5.41, 5.74) is 1.83. The molecule has 0 saturated heterocycles. The Labute approximate surface area is 161 Å². The Morgan fingerprint density at radius 2 is 2.15 bits per heavy atom. The molecule has 27 heavy (non-hydrogen) atoms. The molecule has 0 radical (unpaired) electrons. The number of nitrogens with one attached hydrogen (secondary N) is 3. The van der Waals surface area contributed by atoms with Crippen molar-refractivity contribution >= 4 is 40.1 Å². The molecular formula is C19H22N4O3S. The zero-order valence-corrected chi connectivity index (χ0v) is 15.9. The third-order valence-electron chi connectivity index (χ3n) is 4.42. The lowest BCUT2D eigenvalue weighted by atomic mass is 10.2. The fraction of sp³-hybridized carbons (Fsp3) is 0.316. The Hall–Kier alpha value is -2.87. The van der Waals surface area contributed by atoms with Crippen LogP contribution in [-0.2, 0) is 11.3 Å². The first-order valence-electron chi connectivity index (χ1n) is 8.75. The second-order valence-corrected chi connectivity index (χ2v) is 6.61. The summed E-state index contributed by atoms with van der Waals surface area (Å²) in [6, 6.07) is 5.57. The van der Waals surface area contributed by atoms with E-state index in [4.69, 9.17) is 17.0 Å². The van der Waals surface area contributed by atoms with E-state index in [1.54, 1.807) is 13.2 Å². The summed E-state index contributed by atoms with van der Waals surface area (Å²) < 4.78 is 7.16.